The van der Waals surface area contributed by atoms with E-state index in [0.29, 0.717) is 11.8 Å². The zero-order chi connectivity index (χ0) is 12.4. The second-order valence-electron chi connectivity index (χ2n) is 5.62. The third-order valence-electron chi connectivity index (χ3n) is 4.29. The fourth-order valence-electron chi connectivity index (χ4n) is 3.00. The summed E-state index contributed by atoms with van der Waals surface area (Å²) in [5.41, 5.74) is 1.44. The van der Waals surface area contributed by atoms with Crippen molar-refractivity contribution in [2.24, 2.45) is 0 Å². The van der Waals surface area contributed by atoms with Crippen LogP contribution in [0.3, 0.4) is 0 Å². The molecule has 3 nitrogen and oxygen atoms in total. The normalized spacial score (nSPS) is 25.9. The Hall–Kier alpha value is -1.06. The van der Waals surface area contributed by atoms with Gasteiger partial charge >= 0.3 is 0 Å². The van der Waals surface area contributed by atoms with Crippen molar-refractivity contribution in [3.8, 4) is 5.75 Å². The average Bonchev–Trinajstić information content (AvgIpc) is 2.37. The SMILES string of the molecule is Oc1ccc(CNC2CCOC3(CCC3)C2)cc1. The Bertz CT molecular complexity index is 397. The largest absolute Gasteiger partial charge is 0.508 e. The third-order valence-corrected chi connectivity index (χ3v) is 4.29. The van der Waals surface area contributed by atoms with Crippen molar-refractivity contribution in [2.75, 3.05) is 6.61 Å². The summed E-state index contributed by atoms with van der Waals surface area (Å²) in [6.07, 6.45) is 6.07. The highest BCUT2D eigenvalue weighted by atomic mass is 16.5. The number of ether oxygens (including phenoxy) is 1. The minimum Gasteiger partial charge on any atom is -0.508 e. The van der Waals surface area contributed by atoms with E-state index in [9.17, 15) is 5.11 Å². The molecule has 1 saturated carbocycles. The molecule has 1 unspecified atom stereocenters. The van der Waals surface area contributed by atoms with Crippen molar-refractivity contribution in [1.82, 2.24) is 5.32 Å². The number of aromatic hydroxyl groups is 1. The number of rotatable bonds is 3. The smallest absolute Gasteiger partial charge is 0.115 e. The zero-order valence-corrected chi connectivity index (χ0v) is 10.7. The fraction of sp³-hybridized carbons (Fsp3) is 0.600. The van der Waals surface area contributed by atoms with E-state index in [1.165, 1.54) is 24.8 Å². The van der Waals surface area contributed by atoms with E-state index >= 15 is 0 Å². The lowest BCUT2D eigenvalue weighted by Gasteiger charge is -2.47. The summed E-state index contributed by atoms with van der Waals surface area (Å²) in [5.74, 6) is 0.332. The molecule has 1 atom stereocenters. The van der Waals surface area contributed by atoms with Crippen LogP contribution in [-0.2, 0) is 11.3 Å². The van der Waals surface area contributed by atoms with Gasteiger partial charge in [-0.15, -0.1) is 0 Å². The van der Waals surface area contributed by atoms with Gasteiger partial charge in [-0.1, -0.05) is 12.1 Å². The van der Waals surface area contributed by atoms with Gasteiger partial charge in [0, 0.05) is 19.2 Å². The first-order chi connectivity index (χ1) is 8.76. The molecule has 1 aromatic rings. The van der Waals surface area contributed by atoms with Crippen LogP contribution < -0.4 is 5.32 Å². The van der Waals surface area contributed by atoms with Crippen LogP contribution in [0.4, 0.5) is 0 Å². The highest BCUT2D eigenvalue weighted by molar-refractivity contribution is 5.25. The molecule has 3 heteroatoms. The molecule has 0 amide bonds. The van der Waals surface area contributed by atoms with Gasteiger partial charge in [-0.25, -0.2) is 0 Å². The van der Waals surface area contributed by atoms with Crippen LogP contribution in [0, 0.1) is 0 Å². The Balaban J connectivity index is 1.52. The molecule has 1 spiro atoms. The number of phenolic OH excluding ortho intramolecular Hbond substituents is 1. The molecule has 1 aliphatic heterocycles. The summed E-state index contributed by atoms with van der Waals surface area (Å²) in [6.45, 7) is 1.77. The third kappa shape index (κ3) is 2.52. The number of hydrogen-bond acceptors (Lipinski definition) is 3. The first-order valence-corrected chi connectivity index (χ1v) is 6.91. The maximum absolute atomic E-state index is 9.24. The van der Waals surface area contributed by atoms with Gasteiger partial charge in [0.1, 0.15) is 5.75 Å². The number of benzene rings is 1. The minimum absolute atomic E-state index is 0.213. The minimum atomic E-state index is 0.213. The van der Waals surface area contributed by atoms with Crippen molar-refractivity contribution in [3.63, 3.8) is 0 Å². The molecule has 3 rings (SSSR count). The van der Waals surface area contributed by atoms with E-state index in [-0.39, 0.29) is 5.60 Å². The second-order valence-corrected chi connectivity index (χ2v) is 5.62. The summed E-state index contributed by atoms with van der Waals surface area (Å²) in [6, 6.07) is 8.01. The van der Waals surface area contributed by atoms with Gasteiger partial charge in [-0.3, -0.25) is 0 Å². The molecule has 1 heterocycles. The van der Waals surface area contributed by atoms with Crippen LogP contribution in [0.2, 0.25) is 0 Å². The fourth-order valence-corrected chi connectivity index (χ4v) is 3.00. The van der Waals surface area contributed by atoms with E-state index in [2.05, 4.69) is 5.32 Å². The molecule has 2 fully saturated rings. The molecule has 2 N–H and O–H groups in total. The summed E-state index contributed by atoms with van der Waals surface area (Å²) in [5, 5.41) is 12.9. The molecule has 1 saturated heterocycles. The molecule has 0 bridgehead atoms. The molecule has 98 valence electrons. The highest BCUT2D eigenvalue weighted by Gasteiger charge is 2.42. The van der Waals surface area contributed by atoms with Crippen LogP contribution in [-0.4, -0.2) is 23.4 Å². The molecular formula is C15H21NO2. The van der Waals surface area contributed by atoms with Crippen LogP contribution in [0.1, 0.15) is 37.7 Å². The highest BCUT2D eigenvalue weighted by Crippen LogP contribution is 2.42. The first-order valence-electron chi connectivity index (χ1n) is 6.91. The van der Waals surface area contributed by atoms with Crippen LogP contribution in [0.25, 0.3) is 0 Å². The van der Waals surface area contributed by atoms with Gasteiger partial charge in [0.15, 0.2) is 0 Å². The predicted octanol–water partition coefficient (Wildman–Crippen LogP) is 2.58. The number of nitrogens with one attached hydrogen (secondary N) is 1. The van der Waals surface area contributed by atoms with E-state index in [1.54, 1.807) is 12.1 Å². The van der Waals surface area contributed by atoms with Gasteiger partial charge < -0.3 is 15.2 Å². The monoisotopic (exact) mass is 247 g/mol. The molecule has 2 aliphatic rings. The van der Waals surface area contributed by atoms with Crippen LogP contribution in [0.15, 0.2) is 24.3 Å². The predicted molar refractivity (Wildman–Crippen MR) is 70.5 cm³/mol. The van der Waals surface area contributed by atoms with E-state index < -0.39 is 0 Å². The lowest BCUT2D eigenvalue weighted by Crippen LogP contribution is -2.50. The standard InChI is InChI=1S/C15H21NO2/c17-14-4-2-12(3-5-14)11-16-13-6-9-18-15(10-13)7-1-8-15/h2-5,13,16-17H,1,6-11H2. The maximum atomic E-state index is 9.24. The van der Waals surface area contributed by atoms with Crippen molar-refractivity contribution in [3.05, 3.63) is 29.8 Å². The summed E-state index contributed by atoms with van der Waals surface area (Å²) < 4.78 is 5.93. The van der Waals surface area contributed by atoms with Gasteiger partial charge in [0.2, 0.25) is 0 Å². The zero-order valence-electron chi connectivity index (χ0n) is 10.7. The Kier molecular flexibility index (Phi) is 3.27. The van der Waals surface area contributed by atoms with Crippen LogP contribution in [0.5, 0.6) is 5.75 Å². The lowest BCUT2D eigenvalue weighted by atomic mass is 9.74. The lowest BCUT2D eigenvalue weighted by molar-refractivity contribution is -0.135. The van der Waals surface area contributed by atoms with Gasteiger partial charge in [0.05, 0.1) is 5.60 Å². The van der Waals surface area contributed by atoms with E-state index in [1.807, 2.05) is 12.1 Å². The summed E-state index contributed by atoms with van der Waals surface area (Å²) in [4.78, 5) is 0. The molecule has 1 aromatic carbocycles. The molecule has 0 radical (unpaired) electrons. The summed E-state index contributed by atoms with van der Waals surface area (Å²) in [7, 11) is 0. The molecule has 18 heavy (non-hydrogen) atoms. The van der Waals surface area contributed by atoms with Crippen molar-refractivity contribution in [2.45, 2.75) is 50.3 Å². The maximum Gasteiger partial charge on any atom is 0.115 e. The van der Waals surface area contributed by atoms with E-state index in [4.69, 9.17) is 4.74 Å². The number of phenols is 1. The Morgan fingerprint density at radius 3 is 2.72 bits per heavy atom. The van der Waals surface area contributed by atoms with E-state index in [0.717, 1.165) is 26.0 Å². The van der Waals surface area contributed by atoms with Gasteiger partial charge in [0.25, 0.3) is 0 Å². The molecule has 0 aromatic heterocycles. The average molecular weight is 247 g/mol. The quantitative estimate of drug-likeness (QED) is 0.862. The number of hydrogen-bond donors (Lipinski definition) is 2. The Morgan fingerprint density at radius 1 is 1.28 bits per heavy atom. The van der Waals surface area contributed by atoms with Crippen molar-refractivity contribution in [1.29, 1.82) is 0 Å². The van der Waals surface area contributed by atoms with Gasteiger partial charge in [-0.05, 0) is 49.8 Å². The second kappa shape index (κ2) is 4.90. The molecule has 1 aliphatic carbocycles. The summed E-state index contributed by atoms with van der Waals surface area (Å²) >= 11 is 0. The van der Waals surface area contributed by atoms with Gasteiger partial charge in [-0.2, -0.15) is 0 Å². The Labute approximate surface area is 108 Å². The van der Waals surface area contributed by atoms with Crippen molar-refractivity contribution < 1.29 is 9.84 Å². The first kappa shape index (κ1) is 12.0. The van der Waals surface area contributed by atoms with Crippen LogP contribution >= 0.6 is 0 Å². The topological polar surface area (TPSA) is 41.5 Å². The molecular weight excluding hydrogens is 226 g/mol. The van der Waals surface area contributed by atoms with Crippen molar-refractivity contribution >= 4 is 0 Å². The Morgan fingerprint density at radius 2 is 2.06 bits per heavy atom.